The van der Waals surface area contributed by atoms with E-state index in [1.165, 1.54) is 16.7 Å². The van der Waals surface area contributed by atoms with Crippen molar-refractivity contribution in [2.24, 2.45) is 0 Å². The van der Waals surface area contributed by atoms with Gasteiger partial charge in [0.25, 0.3) is 5.56 Å². The van der Waals surface area contributed by atoms with Gasteiger partial charge in [-0.3, -0.25) is 4.79 Å². The van der Waals surface area contributed by atoms with Crippen LogP contribution in [0.1, 0.15) is 22.3 Å². The maximum atomic E-state index is 11.9. The fourth-order valence-electron chi connectivity index (χ4n) is 1.88. The molecule has 0 amide bonds. The van der Waals surface area contributed by atoms with Crippen LogP contribution < -0.4 is 5.56 Å². The van der Waals surface area contributed by atoms with Gasteiger partial charge in [-0.25, -0.2) is 0 Å². The van der Waals surface area contributed by atoms with E-state index in [0.717, 1.165) is 5.56 Å². The molecule has 2 aromatic rings. The van der Waals surface area contributed by atoms with Gasteiger partial charge in [0, 0.05) is 11.8 Å². The maximum Gasteiger partial charge on any atom is 0.253 e. The first-order valence-corrected chi connectivity index (χ1v) is 5.80. The molecule has 2 heteroatoms. The molecule has 0 unspecified atom stereocenters. The lowest BCUT2D eigenvalue weighted by atomic mass is 10.1. The fraction of sp³-hybridized carbons (Fsp3) is 0.267. The van der Waals surface area contributed by atoms with Crippen molar-refractivity contribution in [2.75, 3.05) is 0 Å². The molecule has 1 aromatic carbocycles. The van der Waals surface area contributed by atoms with Crippen LogP contribution in [0.15, 0.2) is 41.3 Å². The highest BCUT2D eigenvalue weighted by Crippen LogP contribution is 2.10. The Balaban J connectivity index is 2.35. The predicted octanol–water partition coefficient (Wildman–Crippen LogP) is 2.82. The van der Waals surface area contributed by atoms with E-state index in [1.54, 1.807) is 4.57 Å². The summed E-state index contributed by atoms with van der Waals surface area (Å²) in [6.07, 6.45) is 1.84. The Bertz CT molecular complexity index is 596. The predicted molar refractivity (Wildman–Crippen MR) is 70.5 cm³/mol. The van der Waals surface area contributed by atoms with Crippen LogP contribution in [0.2, 0.25) is 0 Å². The lowest BCUT2D eigenvalue weighted by Crippen LogP contribution is -2.21. The van der Waals surface area contributed by atoms with Crippen LogP contribution in [0.3, 0.4) is 0 Å². The summed E-state index contributed by atoms with van der Waals surface area (Å²) in [7, 11) is 0. The molecule has 0 N–H and O–H groups in total. The van der Waals surface area contributed by atoms with Gasteiger partial charge in [0.1, 0.15) is 0 Å². The van der Waals surface area contributed by atoms with E-state index < -0.39 is 0 Å². The van der Waals surface area contributed by atoms with Gasteiger partial charge in [-0.05, 0) is 43.5 Å². The number of hydrogen-bond donors (Lipinski definition) is 0. The second kappa shape index (κ2) is 4.58. The first-order chi connectivity index (χ1) is 8.08. The van der Waals surface area contributed by atoms with E-state index >= 15 is 0 Å². The zero-order valence-corrected chi connectivity index (χ0v) is 10.5. The summed E-state index contributed by atoms with van der Waals surface area (Å²) < 4.78 is 1.75. The third kappa shape index (κ3) is 2.47. The average Bonchev–Trinajstić information content (AvgIpc) is 2.30. The average molecular weight is 227 g/mol. The van der Waals surface area contributed by atoms with Crippen LogP contribution >= 0.6 is 0 Å². The van der Waals surface area contributed by atoms with Crippen LogP contribution in [0, 0.1) is 20.8 Å². The highest BCUT2D eigenvalue weighted by Gasteiger charge is 2.01. The molecule has 0 radical (unpaired) electrons. The van der Waals surface area contributed by atoms with Crippen molar-refractivity contribution >= 4 is 0 Å². The van der Waals surface area contributed by atoms with Crippen molar-refractivity contribution < 1.29 is 0 Å². The number of benzene rings is 1. The summed E-state index contributed by atoms with van der Waals surface area (Å²) in [5.41, 5.74) is 4.59. The SMILES string of the molecule is Cc1ccc(Cn2cccc(C)c2=O)cc1C. The van der Waals surface area contributed by atoms with Gasteiger partial charge in [-0.2, -0.15) is 0 Å². The van der Waals surface area contributed by atoms with Crippen LogP contribution in [-0.4, -0.2) is 4.57 Å². The molecule has 0 aliphatic rings. The topological polar surface area (TPSA) is 22.0 Å². The highest BCUT2D eigenvalue weighted by molar-refractivity contribution is 5.30. The number of pyridine rings is 1. The minimum Gasteiger partial charge on any atom is -0.311 e. The molecule has 1 heterocycles. The summed E-state index contributed by atoms with van der Waals surface area (Å²) in [4.78, 5) is 11.9. The number of aryl methyl sites for hydroxylation is 3. The van der Waals surface area contributed by atoms with E-state index in [-0.39, 0.29) is 5.56 Å². The molecule has 0 aliphatic heterocycles. The number of aromatic nitrogens is 1. The maximum absolute atomic E-state index is 11.9. The Hall–Kier alpha value is -1.83. The van der Waals surface area contributed by atoms with Gasteiger partial charge in [-0.15, -0.1) is 0 Å². The van der Waals surface area contributed by atoms with Gasteiger partial charge in [0.15, 0.2) is 0 Å². The quantitative estimate of drug-likeness (QED) is 0.773. The Kier molecular flexibility index (Phi) is 3.14. The molecule has 0 spiro atoms. The van der Waals surface area contributed by atoms with Crippen LogP contribution in [0.25, 0.3) is 0 Å². The van der Waals surface area contributed by atoms with Gasteiger partial charge < -0.3 is 4.57 Å². The standard InChI is InChI=1S/C15H17NO/c1-11-6-7-14(9-13(11)3)10-16-8-4-5-12(2)15(16)17/h4-9H,10H2,1-3H3. The van der Waals surface area contributed by atoms with Crippen molar-refractivity contribution in [1.29, 1.82) is 0 Å². The lowest BCUT2D eigenvalue weighted by molar-refractivity contribution is 0.751. The van der Waals surface area contributed by atoms with Crippen molar-refractivity contribution in [3.8, 4) is 0 Å². The van der Waals surface area contributed by atoms with Crippen molar-refractivity contribution in [3.05, 3.63) is 69.1 Å². The Labute approximate surface area is 102 Å². The molecular weight excluding hydrogens is 210 g/mol. The Morgan fingerprint density at radius 2 is 1.76 bits per heavy atom. The van der Waals surface area contributed by atoms with Crippen molar-refractivity contribution in [1.82, 2.24) is 4.57 Å². The van der Waals surface area contributed by atoms with E-state index in [2.05, 4.69) is 32.0 Å². The molecule has 0 aliphatic carbocycles. The zero-order chi connectivity index (χ0) is 12.4. The lowest BCUT2D eigenvalue weighted by Gasteiger charge is -2.08. The third-order valence-corrected chi connectivity index (χ3v) is 3.13. The monoisotopic (exact) mass is 227 g/mol. The van der Waals surface area contributed by atoms with E-state index in [4.69, 9.17) is 0 Å². The van der Waals surface area contributed by atoms with Gasteiger partial charge in [0.2, 0.25) is 0 Å². The second-order valence-electron chi connectivity index (χ2n) is 4.54. The molecule has 0 saturated carbocycles. The van der Waals surface area contributed by atoms with Gasteiger partial charge in [-0.1, -0.05) is 24.3 Å². The number of rotatable bonds is 2. The van der Waals surface area contributed by atoms with E-state index in [9.17, 15) is 4.79 Å². The smallest absolute Gasteiger partial charge is 0.253 e. The van der Waals surface area contributed by atoms with Crippen molar-refractivity contribution in [2.45, 2.75) is 27.3 Å². The minimum absolute atomic E-state index is 0.0886. The summed E-state index contributed by atoms with van der Waals surface area (Å²) in [6, 6.07) is 10.1. The summed E-state index contributed by atoms with van der Waals surface area (Å²) in [5.74, 6) is 0. The molecule has 0 saturated heterocycles. The highest BCUT2D eigenvalue weighted by atomic mass is 16.1. The molecule has 17 heavy (non-hydrogen) atoms. The molecule has 0 fully saturated rings. The third-order valence-electron chi connectivity index (χ3n) is 3.13. The van der Waals surface area contributed by atoms with Gasteiger partial charge in [0.05, 0.1) is 6.54 Å². The first kappa shape index (κ1) is 11.6. The molecule has 2 nitrogen and oxygen atoms in total. The summed E-state index contributed by atoms with van der Waals surface area (Å²) in [5, 5.41) is 0. The van der Waals surface area contributed by atoms with E-state index in [0.29, 0.717) is 6.54 Å². The normalized spacial score (nSPS) is 10.5. The molecular formula is C15H17NO. The zero-order valence-electron chi connectivity index (χ0n) is 10.5. The fourth-order valence-corrected chi connectivity index (χ4v) is 1.88. The Morgan fingerprint density at radius 3 is 2.47 bits per heavy atom. The molecule has 88 valence electrons. The molecule has 1 aromatic heterocycles. The largest absolute Gasteiger partial charge is 0.311 e. The first-order valence-electron chi connectivity index (χ1n) is 5.80. The van der Waals surface area contributed by atoms with E-state index in [1.807, 2.05) is 25.3 Å². The minimum atomic E-state index is 0.0886. The molecule has 0 atom stereocenters. The number of nitrogens with zero attached hydrogens (tertiary/aromatic N) is 1. The van der Waals surface area contributed by atoms with Gasteiger partial charge >= 0.3 is 0 Å². The molecule has 0 bridgehead atoms. The summed E-state index contributed by atoms with van der Waals surface area (Å²) in [6.45, 7) is 6.68. The van der Waals surface area contributed by atoms with Crippen molar-refractivity contribution in [3.63, 3.8) is 0 Å². The van der Waals surface area contributed by atoms with Crippen LogP contribution in [0.5, 0.6) is 0 Å². The van der Waals surface area contributed by atoms with Crippen LogP contribution in [-0.2, 0) is 6.54 Å². The Morgan fingerprint density at radius 1 is 1.00 bits per heavy atom. The molecule has 2 rings (SSSR count). The summed E-state index contributed by atoms with van der Waals surface area (Å²) >= 11 is 0. The number of hydrogen-bond acceptors (Lipinski definition) is 1. The second-order valence-corrected chi connectivity index (χ2v) is 4.54. The van der Waals surface area contributed by atoms with Crippen LogP contribution in [0.4, 0.5) is 0 Å².